The van der Waals surface area contributed by atoms with Crippen LogP contribution in [0.1, 0.15) is 34.6 Å². The van der Waals surface area contributed by atoms with Crippen molar-refractivity contribution in [2.75, 3.05) is 17.2 Å². The summed E-state index contributed by atoms with van der Waals surface area (Å²) in [5.41, 5.74) is 1.54. The van der Waals surface area contributed by atoms with Crippen LogP contribution in [0.25, 0.3) is 0 Å². The molecule has 2 amide bonds. The average molecular weight is 393 g/mol. The first kappa shape index (κ1) is 21.3. The van der Waals surface area contributed by atoms with Crippen LogP contribution in [0.15, 0.2) is 48.5 Å². The highest BCUT2D eigenvalue weighted by atomic mass is 16.5. The van der Waals surface area contributed by atoms with Gasteiger partial charge in [0.1, 0.15) is 0 Å². The first-order chi connectivity index (χ1) is 13.8. The van der Waals surface area contributed by atoms with E-state index < -0.39 is 17.7 Å². The molecule has 148 valence electrons. The lowest BCUT2D eigenvalue weighted by Crippen LogP contribution is -2.25. The van der Waals surface area contributed by atoms with E-state index in [9.17, 15) is 19.2 Å². The Bertz CT molecular complexity index is 959. The number of rotatable bonds is 7. The number of hydrogen-bond donors (Lipinski definition) is 2. The summed E-state index contributed by atoms with van der Waals surface area (Å²) in [5.74, 6) is -3.67. The molecule has 2 rings (SSSR count). The molecule has 0 spiro atoms. The van der Waals surface area contributed by atoms with Gasteiger partial charge in [0.05, 0.1) is 12.7 Å². The SMILES string of the molecule is CCOC(=O)C(C#N)C(=O)c1ccc(NC(=O)c2ccc(NC(C)=O)cc2)cc1. The van der Waals surface area contributed by atoms with Crippen LogP contribution in [0.3, 0.4) is 0 Å². The van der Waals surface area contributed by atoms with Gasteiger partial charge in [-0.3, -0.25) is 19.2 Å². The van der Waals surface area contributed by atoms with E-state index >= 15 is 0 Å². The van der Waals surface area contributed by atoms with Crippen molar-refractivity contribution in [3.8, 4) is 6.07 Å². The second-order valence-electron chi connectivity index (χ2n) is 5.97. The van der Waals surface area contributed by atoms with Gasteiger partial charge in [-0.15, -0.1) is 0 Å². The lowest BCUT2D eigenvalue weighted by Gasteiger charge is -2.09. The average Bonchev–Trinajstić information content (AvgIpc) is 2.69. The van der Waals surface area contributed by atoms with Crippen LogP contribution in [0.5, 0.6) is 0 Å². The highest BCUT2D eigenvalue weighted by Crippen LogP contribution is 2.16. The second-order valence-corrected chi connectivity index (χ2v) is 5.97. The van der Waals surface area contributed by atoms with Crippen molar-refractivity contribution in [2.24, 2.45) is 5.92 Å². The van der Waals surface area contributed by atoms with E-state index in [2.05, 4.69) is 10.6 Å². The van der Waals surface area contributed by atoms with Gasteiger partial charge in [0.25, 0.3) is 5.91 Å². The van der Waals surface area contributed by atoms with Gasteiger partial charge in [-0.05, 0) is 55.5 Å². The highest BCUT2D eigenvalue weighted by molar-refractivity contribution is 6.11. The third-order valence-electron chi connectivity index (χ3n) is 3.81. The summed E-state index contributed by atoms with van der Waals surface area (Å²) in [6.45, 7) is 3.04. The number of ether oxygens (including phenoxy) is 1. The topological polar surface area (TPSA) is 125 Å². The first-order valence-electron chi connectivity index (χ1n) is 8.75. The summed E-state index contributed by atoms with van der Waals surface area (Å²) in [7, 11) is 0. The first-order valence-corrected chi connectivity index (χ1v) is 8.75. The van der Waals surface area contributed by atoms with Gasteiger partial charge in [-0.25, -0.2) is 0 Å². The van der Waals surface area contributed by atoms with Gasteiger partial charge >= 0.3 is 5.97 Å². The number of nitriles is 1. The van der Waals surface area contributed by atoms with Crippen molar-refractivity contribution in [2.45, 2.75) is 13.8 Å². The Labute approximate surface area is 167 Å². The number of anilines is 2. The smallest absolute Gasteiger partial charge is 0.331 e. The van der Waals surface area contributed by atoms with E-state index in [-0.39, 0.29) is 24.0 Å². The molecule has 2 aromatic carbocycles. The van der Waals surface area contributed by atoms with Gasteiger partial charge in [0.2, 0.25) is 11.8 Å². The minimum atomic E-state index is -1.53. The van der Waals surface area contributed by atoms with Crippen molar-refractivity contribution >= 4 is 34.9 Å². The number of carbonyl (C=O) groups is 4. The van der Waals surface area contributed by atoms with E-state index in [1.165, 1.54) is 31.2 Å². The second kappa shape index (κ2) is 9.80. The summed E-state index contributed by atoms with van der Waals surface area (Å²) in [5, 5.41) is 14.4. The molecular formula is C21H19N3O5. The number of hydrogen-bond acceptors (Lipinski definition) is 6. The predicted molar refractivity (Wildman–Crippen MR) is 105 cm³/mol. The van der Waals surface area contributed by atoms with Crippen LogP contribution in [0, 0.1) is 17.2 Å². The number of carbonyl (C=O) groups excluding carboxylic acids is 4. The molecule has 0 saturated heterocycles. The Morgan fingerprint density at radius 3 is 1.93 bits per heavy atom. The van der Waals surface area contributed by atoms with E-state index in [0.717, 1.165) is 0 Å². The number of benzene rings is 2. The number of Topliss-reactive ketones (excluding diaryl/α,β-unsaturated/α-hetero) is 1. The predicted octanol–water partition coefficient (Wildman–Crippen LogP) is 2.78. The van der Waals surface area contributed by atoms with E-state index in [1.54, 1.807) is 37.3 Å². The molecule has 0 fully saturated rings. The lowest BCUT2D eigenvalue weighted by atomic mass is 9.99. The van der Waals surface area contributed by atoms with Crippen molar-refractivity contribution in [1.29, 1.82) is 5.26 Å². The molecule has 0 aliphatic heterocycles. The standard InChI is InChI=1S/C21H19N3O5/c1-3-29-21(28)18(12-22)19(26)14-4-8-17(9-5-14)24-20(27)15-6-10-16(11-7-15)23-13(2)25/h4-11,18H,3H2,1-2H3,(H,23,25)(H,24,27). The zero-order valence-corrected chi connectivity index (χ0v) is 15.9. The number of amides is 2. The zero-order chi connectivity index (χ0) is 21.4. The Morgan fingerprint density at radius 2 is 1.45 bits per heavy atom. The van der Waals surface area contributed by atoms with Gasteiger partial charge in [0.15, 0.2) is 5.78 Å². The van der Waals surface area contributed by atoms with Crippen molar-refractivity contribution in [3.63, 3.8) is 0 Å². The molecule has 8 nitrogen and oxygen atoms in total. The number of esters is 1. The fourth-order valence-corrected chi connectivity index (χ4v) is 2.44. The van der Waals surface area contributed by atoms with Gasteiger partial charge in [-0.1, -0.05) is 0 Å². The zero-order valence-electron chi connectivity index (χ0n) is 15.9. The third-order valence-corrected chi connectivity index (χ3v) is 3.81. The third kappa shape index (κ3) is 5.74. The van der Waals surface area contributed by atoms with Crippen molar-refractivity contribution < 1.29 is 23.9 Å². The fraction of sp³-hybridized carbons (Fsp3) is 0.190. The quantitative estimate of drug-likeness (QED) is 0.423. The summed E-state index contributed by atoms with van der Waals surface area (Å²) in [4.78, 5) is 47.3. The fourth-order valence-electron chi connectivity index (χ4n) is 2.44. The maximum atomic E-state index is 12.3. The summed E-state index contributed by atoms with van der Waals surface area (Å²) < 4.78 is 4.73. The van der Waals surface area contributed by atoms with Crippen LogP contribution < -0.4 is 10.6 Å². The molecule has 0 aliphatic carbocycles. The van der Waals surface area contributed by atoms with Gasteiger partial charge in [0, 0.05) is 29.4 Å². The van der Waals surface area contributed by atoms with E-state index in [1.807, 2.05) is 0 Å². The highest BCUT2D eigenvalue weighted by Gasteiger charge is 2.28. The molecule has 2 N–H and O–H groups in total. The Balaban J connectivity index is 2.05. The molecule has 0 heterocycles. The van der Waals surface area contributed by atoms with Crippen LogP contribution in [0.4, 0.5) is 11.4 Å². The Hall–Kier alpha value is -3.99. The lowest BCUT2D eigenvalue weighted by molar-refractivity contribution is -0.144. The molecule has 1 unspecified atom stereocenters. The molecule has 2 aromatic rings. The molecule has 1 atom stereocenters. The van der Waals surface area contributed by atoms with E-state index in [0.29, 0.717) is 16.9 Å². The molecule has 8 heteroatoms. The van der Waals surface area contributed by atoms with Crippen LogP contribution in [0.2, 0.25) is 0 Å². The molecule has 0 aromatic heterocycles. The molecule has 0 bridgehead atoms. The number of ketones is 1. The molecule has 29 heavy (non-hydrogen) atoms. The minimum Gasteiger partial charge on any atom is -0.465 e. The van der Waals surface area contributed by atoms with Crippen LogP contribution >= 0.6 is 0 Å². The maximum Gasteiger partial charge on any atom is 0.331 e. The largest absolute Gasteiger partial charge is 0.465 e. The number of nitrogens with zero attached hydrogens (tertiary/aromatic N) is 1. The van der Waals surface area contributed by atoms with Crippen LogP contribution in [-0.2, 0) is 14.3 Å². The Kier molecular flexibility index (Phi) is 7.20. The molecular weight excluding hydrogens is 374 g/mol. The maximum absolute atomic E-state index is 12.3. The monoisotopic (exact) mass is 393 g/mol. The van der Waals surface area contributed by atoms with Gasteiger partial charge in [-0.2, -0.15) is 5.26 Å². The Morgan fingerprint density at radius 1 is 0.931 bits per heavy atom. The van der Waals surface area contributed by atoms with Crippen molar-refractivity contribution in [1.82, 2.24) is 0 Å². The normalized spacial score (nSPS) is 10.9. The van der Waals surface area contributed by atoms with Crippen molar-refractivity contribution in [3.05, 3.63) is 59.7 Å². The molecule has 0 radical (unpaired) electrons. The van der Waals surface area contributed by atoms with Crippen LogP contribution in [-0.4, -0.2) is 30.2 Å². The van der Waals surface area contributed by atoms with Gasteiger partial charge < -0.3 is 15.4 Å². The summed E-state index contributed by atoms with van der Waals surface area (Å²) in [6, 6.07) is 13.8. The summed E-state index contributed by atoms with van der Waals surface area (Å²) >= 11 is 0. The summed E-state index contributed by atoms with van der Waals surface area (Å²) in [6.07, 6.45) is 0. The minimum absolute atomic E-state index is 0.0705. The molecule has 0 saturated carbocycles. The van der Waals surface area contributed by atoms with E-state index in [4.69, 9.17) is 10.00 Å². The number of nitrogens with one attached hydrogen (secondary N) is 2. The molecule has 0 aliphatic rings.